The van der Waals surface area contributed by atoms with Gasteiger partial charge in [0.1, 0.15) is 5.65 Å². The summed E-state index contributed by atoms with van der Waals surface area (Å²) in [6.45, 7) is 9.66. The van der Waals surface area contributed by atoms with Crippen molar-refractivity contribution in [2.24, 2.45) is 0 Å². The number of fused-ring (bicyclic) bond motifs is 1. The van der Waals surface area contributed by atoms with E-state index in [9.17, 15) is 0 Å². The predicted octanol–water partition coefficient (Wildman–Crippen LogP) is 3.87. The average Bonchev–Trinajstić information content (AvgIpc) is 3.22. The van der Waals surface area contributed by atoms with Crippen molar-refractivity contribution < 1.29 is 0 Å². The molecule has 0 radical (unpaired) electrons. The first-order chi connectivity index (χ1) is 12.0. The molecule has 0 saturated carbocycles. The predicted molar refractivity (Wildman–Crippen MR) is 101 cm³/mol. The van der Waals surface area contributed by atoms with Crippen molar-refractivity contribution in [1.29, 1.82) is 0 Å². The van der Waals surface area contributed by atoms with E-state index < -0.39 is 0 Å². The van der Waals surface area contributed by atoms with Crippen LogP contribution in [0.3, 0.4) is 0 Å². The van der Waals surface area contributed by atoms with Gasteiger partial charge in [-0.1, -0.05) is 26.8 Å². The molecule has 3 aromatic heterocycles. The average molecular weight is 335 g/mol. The monoisotopic (exact) mass is 335 g/mol. The molecule has 5 heteroatoms. The van der Waals surface area contributed by atoms with Crippen molar-refractivity contribution in [2.75, 3.05) is 13.1 Å². The van der Waals surface area contributed by atoms with E-state index in [0.717, 1.165) is 31.7 Å². The first kappa shape index (κ1) is 16.1. The maximum Gasteiger partial charge on any atom is 0.137 e. The molecule has 3 aromatic rings. The zero-order valence-electron chi connectivity index (χ0n) is 15.1. The Bertz CT molecular complexity index is 909. The fourth-order valence-electron chi connectivity index (χ4n) is 3.64. The molecule has 0 amide bonds. The van der Waals surface area contributed by atoms with Crippen molar-refractivity contribution in [3.63, 3.8) is 0 Å². The Labute approximate surface area is 148 Å². The van der Waals surface area contributed by atoms with Crippen LogP contribution in [0.1, 0.15) is 44.0 Å². The molecule has 0 bridgehead atoms. The van der Waals surface area contributed by atoms with Gasteiger partial charge in [0.25, 0.3) is 0 Å². The lowest BCUT2D eigenvalue weighted by molar-refractivity contribution is 0.291. The Kier molecular flexibility index (Phi) is 3.96. The minimum Gasteiger partial charge on any atom is -0.346 e. The molecular weight excluding hydrogens is 310 g/mol. The third-order valence-electron chi connectivity index (χ3n) is 4.95. The minimum atomic E-state index is 0.0969. The molecule has 0 aromatic carbocycles. The number of pyridine rings is 1. The highest BCUT2D eigenvalue weighted by Crippen LogP contribution is 2.30. The fraction of sp³-hybridized carbons (Fsp3) is 0.400. The van der Waals surface area contributed by atoms with Crippen LogP contribution in [0, 0.1) is 0 Å². The number of rotatable bonds is 3. The molecule has 5 nitrogen and oxygen atoms in total. The maximum absolute atomic E-state index is 4.39. The zero-order chi connectivity index (χ0) is 17.4. The molecule has 130 valence electrons. The largest absolute Gasteiger partial charge is 0.346 e. The third-order valence-corrected chi connectivity index (χ3v) is 4.95. The minimum absolute atomic E-state index is 0.0969. The zero-order valence-corrected chi connectivity index (χ0v) is 15.1. The lowest BCUT2D eigenvalue weighted by Gasteiger charge is -2.27. The Morgan fingerprint density at radius 1 is 1.28 bits per heavy atom. The van der Waals surface area contributed by atoms with Gasteiger partial charge in [0.15, 0.2) is 0 Å². The van der Waals surface area contributed by atoms with Crippen molar-refractivity contribution in [2.45, 2.75) is 39.2 Å². The highest BCUT2D eigenvalue weighted by molar-refractivity contribution is 5.90. The first-order valence-corrected chi connectivity index (χ1v) is 8.89. The smallest absolute Gasteiger partial charge is 0.137 e. The summed E-state index contributed by atoms with van der Waals surface area (Å²) >= 11 is 0. The molecule has 4 heterocycles. The number of nitrogens with one attached hydrogen (secondary N) is 2. The topological polar surface area (TPSA) is 60.6 Å². The second-order valence-electron chi connectivity index (χ2n) is 7.84. The maximum atomic E-state index is 4.39. The lowest BCUT2D eigenvalue weighted by Crippen LogP contribution is -2.29. The van der Waals surface area contributed by atoms with Gasteiger partial charge < -0.3 is 4.98 Å². The summed E-state index contributed by atoms with van der Waals surface area (Å²) in [6.07, 6.45) is 9.32. The molecule has 0 atom stereocenters. The molecular formula is C20H25N5. The van der Waals surface area contributed by atoms with Crippen LogP contribution in [0.25, 0.3) is 16.6 Å². The molecule has 1 aliphatic heterocycles. The Hall–Kier alpha value is -2.40. The number of aromatic amines is 2. The molecule has 2 N–H and O–H groups in total. The second-order valence-corrected chi connectivity index (χ2v) is 7.84. The van der Waals surface area contributed by atoms with Gasteiger partial charge in [-0.25, -0.2) is 4.98 Å². The van der Waals surface area contributed by atoms with Crippen LogP contribution in [-0.2, 0) is 12.0 Å². The fourth-order valence-corrected chi connectivity index (χ4v) is 3.64. The summed E-state index contributed by atoms with van der Waals surface area (Å²) in [5.41, 5.74) is 6.32. The van der Waals surface area contributed by atoms with Gasteiger partial charge in [-0.2, -0.15) is 5.10 Å². The van der Waals surface area contributed by atoms with E-state index in [2.05, 4.69) is 64.2 Å². The number of H-pyrrole nitrogens is 2. The van der Waals surface area contributed by atoms with Gasteiger partial charge in [0, 0.05) is 59.7 Å². The van der Waals surface area contributed by atoms with Gasteiger partial charge >= 0.3 is 0 Å². The van der Waals surface area contributed by atoms with Crippen LogP contribution in [0.2, 0.25) is 0 Å². The summed E-state index contributed by atoms with van der Waals surface area (Å²) in [4.78, 5) is 10.2. The number of hydrogen-bond donors (Lipinski definition) is 2. The van der Waals surface area contributed by atoms with Crippen LogP contribution >= 0.6 is 0 Å². The summed E-state index contributed by atoms with van der Waals surface area (Å²) in [7, 11) is 0. The number of aromatic nitrogens is 4. The van der Waals surface area contributed by atoms with Crippen LogP contribution in [0.4, 0.5) is 0 Å². The van der Waals surface area contributed by atoms with E-state index in [0.29, 0.717) is 0 Å². The molecule has 0 aliphatic carbocycles. The molecule has 0 saturated heterocycles. The Morgan fingerprint density at radius 2 is 2.16 bits per heavy atom. The summed E-state index contributed by atoms with van der Waals surface area (Å²) in [6, 6.07) is 4.14. The van der Waals surface area contributed by atoms with E-state index >= 15 is 0 Å². The quantitative estimate of drug-likeness (QED) is 0.764. The van der Waals surface area contributed by atoms with Crippen molar-refractivity contribution in [3.8, 4) is 0 Å². The van der Waals surface area contributed by atoms with E-state index in [4.69, 9.17) is 0 Å². The molecule has 0 unspecified atom stereocenters. The molecule has 4 rings (SSSR count). The van der Waals surface area contributed by atoms with Crippen LogP contribution in [-0.4, -0.2) is 38.2 Å². The highest BCUT2D eigenvalue weighted by Gasteiger charge is 2.22. The van der Waals surface area contributed by atoms with Crippen LogP contribution in [0.15, 0.2) is 36.8 Å². The summed E-state index contributed by atoms with van der Waals surface area (Å²) in [5.74, 6) is 0. The number of hydrogen-bond acceptors (Lipinski definition) is 3. The van der Waals surface area contributed by atoms with Gasteiger partial charge in [-0.3, -0.25) is 10.00 Å². The number of nitrogens with zero attached hydrogens (tertiary/aromatic N) is 3. The molecule has 0 fully saturated rings. The molecule has 25 heavy (non-hydrogen) atoms. The van der Waals surface area contributed by atoms with E-state index in [-0.39, 0.29) is 5.41 Å². The summed E-state index contributed by atoms with van der Waals surface area (Å²) in [5, 5.41) is 8.66. The third kappa shape index (κ3) is 3.12. The van der Waals surface area contributed by atoms with Crippen molar-refractivity contribution in [1.82, 2.24) is 25.1 Å². The van der Waals surface area contributed by atoms with Crippen molar-refractivity contribution in [3.05, 3.63) is 53.6 Å². The second kappa shape index (κ2) is 6.15. The van der Waals surface area contributed by atoms with E-state index in [1.165, 1.54) is 27.8 Å². The van der Waals surface area contributed by atoms with Gasteiger partial charge in [0.2, 0.25) is 0 Å². The van der Waals surface area contributed by atoms with E-state index in [1.807, 2.05) is 18.5 Å². The molecule has 0 spiro atoms. The molecule has 1 aliphatic rings. The van der Waals surface area contributed by atoms with E-state index in [1.54, 1.807) is 0 Å². The summed E-state index contributed by atoms with van der Waals surface area (Å²) < 4.78 is 0. The normalized spacial score (nSPS) is 16.4. The van der Waals surface area contributed by atoms with Gasteiger partial charge in [0.05, 0.1) is 6.20 Å². The van der Waals surface area contributed by atoms with Gasteiger partial charge in [-0.15, -0.1) is 0 Å². The Balaban J connectivity index is 1.50. The highest BCUT2D eigenvalue weighted by atomic mass is 15.2. The van der Waals surface area contributed by atoms with Gasteiger partial charge in [-0.05, 0) is 24.1 Å². The SMILES string of the molecule is CC(C)(C)c1[nH]ncc1CN1CC=C(c2c[nH]c3ncccc23)CC1. The lowest BCUT2D eigenvalue weighted by atomic mass is 9.89. The Morgan fingerprint density at radius 3 is 2.92 bits per heavy atom. The van der Waals surface area contributed by atoms with Crippen molar-refractivity contribution >= 4 is 16.6 Å². The van der Waals surface area contributed by atoms with Crippen LogP contribution < -0.4 is 0 Å². The van der Waals surface area contributed by atoms with Crippen LogP contribution in [0.5, 0.6) is 0 Å². The standard InChI is InChI=1S/C20H25N5/c1-20(2,3)18-15(11-23-24-18)13-25-9-6-14(7-10-25)17-12-22-19-16(17)5-4-8-21-19/h4-6,8,11-12H,7,9-10,13H2,1-3H3,(H,21,22)(H,23,24). The first-order valence-electron chi connectivity index (χ1n) is 8.89.